The van der Waals surface area contributed by atoms with Crippen molar-refractivity contribution in [1.29, 1.82) is 0 Å². The van der Waals surface area contributed by atoms with Crippen LogP contribution in [0.5, 0.6) is 0 Å². The highest BCUT2D eigenvalue weighted by Gasteiger charge is 2.48. The van der Waals surface area contributed by atoms with E-state index in [-0.39, 0.29) is 5.91 Å². The van der Waals surface area contributed by atoms with E-state index in [9.17, 15) is 4.79 Å². The lowest BCUT2D eigenvalue weighted by Crippen LogP contribution is -2.37. The van der Waals surface area contributed by atoms with Crippen LogP contribution < -0.4 is 4.90 Å². The number of benzene rings is 1. The Morgan fingerprint density at radius 1 is 1.11 bits per heavy atom. The monoisotopic (exact) mass is 359 g/mol. The third-order valence-corrected chi connectivity index (χ3v) is 5.47. The van der Waals surface area contributed by atoms with Crippen molar-refractivity contribution in [3.05, 3.63) is 54.2 Å². The van der Waals surface area contributed by atoms with Crippen LogP contribution in [-0.2, 0) is 10.2 Å². The summed E-state index contributed by atoms with van der Waals surface area (Å²) in [6.45, 7) is 5.99. The second-order valence-electron chi connectivity index (χ2n) is 7.99. The molecule has 0 spiro atoms. The summed E-state index contributed by atoms with van der Waals surface area (Å²) in [7, 11) is 0. The SMILES string of the molecule is Cc1cnc(-n2cnc(-c3ccc4c(c3)N(C3CC3)C(=O)C4(C)C)c2)nc1. The number of aryl methyl sites for hydroxylation is 1. The first-order chi connectivity index (χ1) is 12.9. The summed E-state index contributed by atoms with van der Waals surface area (Å²) in [5.74, 6) is 0.798. The van der Waals surface area contributed by atoms with Crippen LogP contribution in [0.15, 0.2) is 43.1 Å². The molecule has 0 atom stereocenters. The minimum absolute atomic E-state index is 0.204. The van der Waals surface area contributed by atoms with Gasteiger partial charge >= 0.3 is 0 Å². The number of hydrogen-bond donors (Lipinski definition) is 0. The maximum absolute atomic E-state index is 12.9. The molecule has 1 saturated carbocycles. The van der Waals surface area contributed by atoms with Crippen molar-refractivity contribution in [3.63, 3.8) is 0 Å². The third-order valence-electron chi connectivity index (χ3n) is 5.47. The average Bonchev–Trinajstić information content (AvgIpc) is 3.32. The first-order valence-electron chi connectivity index (χ1n) is 9.27. The zero-order chi connectivity index (χ0) is 18.8. The van der Waals surface area contributed by atoms with E-state index < -0.39 is 5.41 Å². The zero-order valence-electron chi connectivity index (χ0n) is 15.7. The fourth-order valence-electron chi connectivity index (χ4n) is 3.74. The highest BCUT2D eigenvalue weighted by molar-refractivity contribution is 6.08. The summed E-state index contributed by atoms with van der Waals surface area (Å²) < 4.78 is 1.82. The minimum Gasteiger partial charge on any atom is -0.308 e. The molecule has 0 saturated heterocycles. The molecule has 136 valence electrons. The standard InChI is InChI=1S/C21H21N5O/c1-13-9-22-20(23-10-13)25-11-17(24-12-25)14-4-7-16-18(8-14)26(15-5-6-15)19(27)21(16,2)3/h4,7-12,15H,5-6H2,1-3H3. The predicted octanol–water partition coefficient (Wildman–Crippen LogP) is 3.42. The molecule has 1 aliphatic carbocycles. The number of nitrogens with zero attached hydrogens (tertiary/aromatic N) is 5. The number of carbonyl (C=O) groups excluding carboxylic acids is 1. The van der Waals surface area contributed by atoms with Gasteiger partial charge in [0.15, 0.2) is 0 Å². The predicted molar refractivity (Wildman–Crippen MR) is 103 cm³/mol. The van der Waals surface area contributed by atoms with Gasteiger partial charge in [-0.1, -0.05) is 12.1 Å². The van der Waals surface area contributed by atoms with E-state index in [4.69, 9.17) is 0 Å². The van der Waals surface area contributed by atoms with Gasteiger partial charge in [-0.25, -0.2) is 15.0 Å². The topological polar surface area (TPSA) is 63.9 Å². The van der Waals surface area contributed by atoms with E-state index in [0.29, 0.717) is 12.0 Å². The van der Waals surface area contributed by atoms with Crippen molar-refractivity contribution < 1.29 is 4.79 Å². The van der Waals surface area contributed by atoms with Crippen molar-refractivity contribution in [3.8, 4) is 17.2 Å². The van der Waals surface area contributed by atoms with Crippen molar-refractivity contribution in [2.45, 2.75) is 45.1 Å². The molecule has 0 unspecified atom stereocenters. The molecule has 6 nitrogen and oxygen atoms in total. The van der Waals surface area contributed by atoms with Crippen LogP contribution in [0.1, 0.15) is 37.8 Å². The van der Waals surface area contributed by atoms with E-state index in [1.54, 1.807) is 18.7 Å². The van der Waals surface area contributed by atoms with Crippen molar-refractivity contribution in [2.24, 2.45) is 0 Å². The number of imidazole rings is 1. The first-order valence-corrected chi connectivity index (χ1v) is 9.27. The fraction of sp³-hybridized carbons (Fsp3) is 0.333. The smallest absolute Gasteiger partial charge is 0.237 e. The molecule has 0 bridgehead atoms. The normalized spacial score (nSPS) is 18.0. The molecule has 6 heteroatoms. The molecule has 5 rings (SSSR count). The van der Waals surface area contributed by atoms with Gasteiger partial charge in [0.1, 0.15) is 6.33 Å². The Hall–Kier alpha value is -3.02. The van der Waals surface area contributed by atoms with Crippen LogP contribution in [0.25, 0.3) is 17.2 Å². The molecule has 0 N–H and O–H groups in total. The number of hydrogen-bond acceptors (Lipinski definition) is 4. The maximum Gasteiger partial charge on any atom is 0.237 e. The van der Waals surface area contributed by atoms with E-state index >= 15 is 0 Å². The highest BCUT2D eigenvalue weighted by atomic mass is 16.2. The molecule has 2 aliphatic rings. The number of anilines is 1. The summed E-state index contributed by atoms with van der Waals surface area (Å²) in [5, 5.41) is 0. The lowest BCUT2D eigenvalue weighted by molar-refractivity contribution is -0.122. The van der Waals surface area contributed by atoms with Crippen LogP contribution >= 0.6 is 0 Å². The Kier molecular flexibility index (Phi) is 3.29. The molecule has 1 amide bonds. The van der Waals surface area contributed by atoms with E-state index in [0.717, 1.165) is 40.9 Å². The summed E-state index contributed by atoms with van der Waals surface area (Å²) in [6, 6.07) is 6.58. The third kappa shape index (κ3) is 2.47. The molecule has 27 heavy (non-hydrogen) atoms. The van der Waals surface area contributed by atoms with E-state index in [2.05, 4.69) is 27.1 Å². The molecule has 2 aromatic heterocycles. The number of carbonyl (C=O) groups is 1. The quantitative estimate of drug-likeness (QED) is 0.719. The highest BCUT2D eigenvalue weighted by Crippen LogP contribution is 2.47. The summed E-state index contributed by atoms with van der Waals surface area (Å²) in [5.41, 5.74) is 4.53. The van der Waals surface area contributed by atoms with Crippen molar-refractivity contribution >= 4 is 11.6 Å². The second kappa shape index (κ2) is 5.49. The summed E-state index contributed by atoms with van der Waals surface area (Å²) in [4.78, 5) is 28.1. The second-order valence-corrected chi connectivity index (χ2v) is 7.99. The molecule has 1 aliphatic heterocycles. The van der Waals surface area contributed by atoms with Gasteiger partial charge < -0.3 is 4.90 Å². The molecule has 3 aromatic rings. The Morgan fingerprint density at radius 2 is 1.85 bits per heavy atom. The summed E-state index contributed by atoms with van der Waals surface area (Å²) >= 11 is 0. The number of aromatic nitrogens is 4. The molecule has 0 radical (unpaired) electrons. The Labute approximate surface area is 157 Å². The number of rotatable bonds is 3. The van der Waals surface area contributed by atoms with Gasteiger partial charge in [0.25, 0.3) is 0 Å². The summed E-state index contributed by atoms with van der Waals surface area (Å²) in [6.07, 6.45) is 9.41. The lowest BCUT2D eigenvalue weighted by atomic mass is 9.86. The first kappa shape index (κ1) is 16.2. The zero-order valence-corrected chi connectivity index (χ0v) is 15.7. The average molecular weight is 359 g/mol. The van der Waals surface area contributed by atoms with Crippen LogP contribution in [-0.4, -0.2) is 31.5 Å². The number of fused-ring (bicyclic) bond motifs is 1. The molecule has 3 heterocycles. The molecular weight excluding hydrogens is 338 g/mol. The van der Waals surface area contributed by atoms with Gasteiger partial charge in [-0.15, -0.1) is 0 Å². The van der Waals surface area contributed by atoms with Gasteiger partial charge in [0, 0.05) is 35.9 Å². The Morgan fingerprint density at radius 3 is 2.56 bits per heavy atom. The molecular formula is C21H21N5O. The fourth-order valence-corrected chi connectivity index (χ4v) is 3.74. The Bertz CT molecular complexity index is 1050. The van der Waals surface area contributed by atoms with Crippen LogP contribution in [0, 0.1) is 6.92 Å². The largest absolute Gasteiger partial charge is 0.308 e. The van der Waals surface area contributed by atoms with E-state index in [1.807, 2.05) is 42.5 Å². The van der Waals surface area contributed by atoms with Gasteiger partial charge in [-0.05, 0) is 50.8 Å². The van der Waals surface area contributed by atoms with Gasteiger partial charge in [-0.2, -0.15) is 0 Å². The van der Waals surface area contributed by atoms with Gasteiger partial charge in [-0.3, -0.25) is 9.36 Å². The maximum atomic E-state index is 12.9. The van der Waals surface area contributed by atoms with Gasteiger partial charge in [0.2, 0.25) is 11.9 Å². The van der Waals surface area contributed by atoms with Crippen LogP contribution in [0.4, 0.5) is 5.69 Å². The Balaban J connectivity index is 1.54. The minimum atomic E-state index is -0.467. The lowest BCUT2D eigenvalue weighted by Gasteiger charge is -2.19. The molecule has 1 aromatic carbocycles. The number of amides is 1. The van der Waals surface area contributed by atoms with Crippen molar-refractivity contribution in [2.75, 3.05) is 4.90 Å². The van der Waals surface area contributed by atoms with Crippen LogP contribution in [0.2, 0.25) is 0 Å². The van der Waals surface area contributed by atoms with Gasteiger partial charge in [0.05, 0.1) is 11.1 Å². The molecule has 1 fully saturated rings. The van der Waals surface area contributed by atoms with E-state index in [1.165, 1.54) is 0 Å². The van der Waals surface area contributed by atoms with Crippen molar-refractivity contribution in [1.82, 2.24) is 19.5 Å². The van der Waals surface area contributed by atoms with Crippen LogP contribution in [0.3, 0.4) is 0 Å².